The topological polar surface area (TPSA) is 47.6 Å². The number of fused-ring (bicyclic) bond motifs is 1. The minimum absolute atomic E-state index is 0.0237. The van der Waals surface area contributed by atoms with E-state index in [1.54, 1.807) is 14.2 Å². The van der Waals surface area contributed by atoms with Gasteiger partial charge in [0.15, 0.2) is 11.5 Å². The molecule has 0 radical (unpaired) electrons. The van der Waals surface area contributed by atoms with Gasteiger partial charge in [-0.05, 0) is 36.6 Å². The molecule has 1 heterocycles. The molecule has 0 saturated heterocycles. The predicted octanol–water partition coefficient (Wildman–Crippen LogP) is 3.79. The van der Waals surface area contributed by atoms with Crippen LogP contribution in [-0.2, 0) is 4.79 Å². The van der Waals surface area contributed by atoms with Gasteiger partial charge in [0, 0.05) is 24.1 Å². The smallest absolute Gasteiger partial charge is 0.225 e. The van der Waals surface area contributed by atoms with Crippen LogP contribution in [0.15, 0.2) is 30.3 Å². The number of carbonyl (C=O) groups is 1. The highest BCUT2D eigenvalue weighted by Crippen LogP contribution is 2.43. The molecule has 3 rings (SSSR count). The summed E-state index contributed by atoms with van der Waals surface area (Å²) in [5.74, 6) is 1.35. The van der Waals surface area contributed by atoms with E-state index in [0.717, 1.165) is 11.3 Å². The quantitative estimate of drug-likeness (QED) is 0.938. The van der Waals surface area contributed by atoms with E-state index in [-0.39, 0.29) is 11.8 Å². The summed E-state index contributed by atoms with van der Waals surface area (Å²) in [5.41, 5.74) is 5.43. The zero-order valence-corrected chi connectivity index (χ0v) is 13.9. The summed E-state index contributed by atoms with van der Waals surface area (Å²) < 4.78 is 10.8. The fourth-order valence-electron chi connectivity index (χ4n) is 3.20. The molecule has 2 aromatic rings. The number of hydrogen-bond acceptors (Lipinski definition) is 3. The van der Waals surface area contributed by atoms with Gasteiger partial charge < -0.3 is 14.8 Å². The predicted molar refractivity (Wildman–Crippen MR) is 90.6 cm³/mol. The number of carbonyl (C=O) groups excluding carboxylic acids is 1. The number of rotatable bonds is 3. The zero-order chi connectivity index (χ0) is 16.6. The molecule has 0 bridgehead atoms. The van der Waals surface area contributed by atoms with E-state index in [1.807, 2.05) is 12.1 Å². The second-order valence-corrected chi connectivity index (χ2v) is 5.96. The van der Waals surface area contributed by atoms with Gasteiger partial charge in [-0.15, -0.1) is 0 Å². The van der Waals surface area contributed by atoms with Crippen LogP contribution in [-0.4, -0.2) is 20.1 Å². The van der Waals surface area contributed by atoms with E-state index in [2.05, 4.69) is 37.4 Å². The molecule has 23 heavy (non-hydrogen) atoms. The molecule has 4 heteroatoms. The van der Waals surface area contributed by atoms with Crippen molar-refractivity contribution in [3.63, 3.8) is 0 Å². The molecule has 0 spiro atoms. The van der Waals surface area contributed by atoms with E-state index in [9.17, 15) is 4.79 Å². The van der Waals surface area contributed by atoms with Crippen molar-refractivity contribution in [1.29, 1.82) is 0 Å². The van der Waals surface area contributed by atoms with Crippen molar-refractivity contribution in [2.24, 2.45) is 0 Å². The number of anilines is 1. The van der Waals surface area contributed by atoms with Crippen molar-refractivity contribution in [1.82, 2.24) is 0 Å². The fraction of sp³-hybridized carbons (Fsp3) is 0.316. The first kappa shape index (κ1) is 15.4. The third-order valence-corrected chi connectivity index (χ3v) is 4.40. The number of methoxy groups -OCH3 is 2. The normalized spacial score (nSPS) is 16.5. The Labute approximate surface area is 136 Å². The van der Waals surface area contributed by atoms with Crippen molar-refractivity contribution in [3.05, 3.63) is 52.6 Å². The third kappa shape index (κ3) is 2.77. The van der Waals surface area contributed by atoms with Gasteiger partial charge in [-0.25, -0.2) is 0 Å². The number of amides is 1. The first-order valence-corrected chi connectivity index (χ1v) is 7.66. The van der Waals surface area contributed by atoms with Gasteiger partial charge in [0.05, 0.1) is 14.2 Å². The molecule has 120 valence electrons. The second kappa shape index (κ2) is 5.95. The van der Waals surface area contributed by atoms with Crippen molar-refractivity contribution < 1.29 is 14.3 Å². The van der Waals surface area contributed by atoms with Crippen LogP contribution in [0.2, 0.25) is 0 Å². The first-order valence-electron chi connectivity index (χ1n) is 7.66. The Balaban J connectivity index is 2.18. The van der Waals surface area contributed by atoms with Crippen molar-refractivity contribution in [2.45, 2.75) is 26.2 Å². The molecule has 0 aliphatic carbocycles. The van der Waals surface area contributed by atoms with E-state index in [4.69, 9.17) is 9.47 Å². The average molecular weight is 311 g/mol. The number of hydrogen-bond donors (Lipinski definition) is 1. The molecule has 0 saturated carbocycles. The highest BCUT2D eigenvalue weighted by Gasteiger charge is 2.29. The molecular weight excluding hydrogens is 290 g/mol. The number of benzene rings is 2. The summed E-state index contributed by atoms with van der Waals surface area (Å²) >= 11 is 0. The molecule has 1 amide bonds. The van der Waals surface area contributed by atoms with Crippen LogP contribution in [0, 0.1) is 13.8 Å². The molecule has 1 atom stereocenters. The van der Waals surface area contributed by atoms with Crippen LogP contribution in [0.3, 0.4) is 0 Å². The summed E-state index contributed by atoms with van der Waals surface area (Å²) in [6.45, 7) is 4.16. The Bertz CT molecular complexity index is 767. The first-order chi connectivity index (χ1) is 11.0. The van der Waals surface area contributed by atoms with E-state index >= 15 is 0 Å². The Hall–Kier alpha value is -2.49. The Morgan fingerprint density at radius 3 is 2.39 bits per heavy atom. The maximum absolute atomic E-state index is 12.2. The van der Waals surface area contributed by atoms with E-state index in [1.165, 1.54) is 16.7 Å². The SMILES string of the molecule is COc1cc2c(cc1OC)C(c1cc(C)ccc1C)CC(=O)N2. The maximum Gasteiger partial charge on any atom is 0.225 e. The highest BCUT2D eigenvalue weighted by atomic mass is 16.5. The monoisotopic (exact) mass is 311 g/mol. The van der Waals surface area contributed by atoms with Gasteiger partial charge in [0.1, 0.15) is 0 Å². The van der Waals surface area contributed by atoms with Crippen LogP contribution in [0.25, 0.3) is 0 Å². The van der Waals surface area contributed by atoms with Gasteiger partial charge >= 0.3 is 0 Å². The fourth-order valence-corrected chi connectivity index (χ4v) is 3.20. The molecular formula is C19H21NO3. The Morgan fingerprint density at radius 2 is 1.70 bits per heavy atom. The highest BCUT2D eigenvalue weighted by molar-refractivity contribution is 5.96. The van der Waals surface area contributed by atoms with E-state index in [0.29, 0.717) is 17.9 Å². The number of aryl methyl sites for hydroxylation is 2. The van der Waals surface area contributed by atoms with Crippen LogP contribution < -0.4 is 14.8 Å². The lowest BCUT2D eigenvalue weighted by Crippen LogP contribution is -2.24. The summed E-state index contributed by atoms with van der Waals surface area (Å²) in [6, 6.07) is 10.2. The largest absolute Gasteiger partial charge is 0.493 e. The van der Waals surface area contributed by atoms with Crippen LogP contribution >= 0.6 is 0 Å². The molecule has 1 N–H and O–H groups in total. The average Bonchev–Trinajstić information content (AvgIpc) is 2.55. The third-order valence-electron chi connectivity index (χ3n) is 4.40. The summed E-state index contributed by atoms with van der Waals surface area (Å²) in [6.07, 6.45) is 0.437. The van der Waals surface area contributed by atoms with Crippen LogP contribution in [0.4, 0.5) is 5.69 Å². The Morgan fingerprint density at radius 1 is 1.00 bits per heavy atom. The van der Waals surface area contributed by atoms with E-state index < -0.39 is 0 Å². The van der Waals surface area contributed by atoms with Crippen LogP contribution in [0.5, 0.6) is 11.5 Å². The molecule has 4 nitrogen and oxygen atoms in total. The van der Waals surface area contributed by atoms with Gasteiger partial charge in [0.2, 0.25) is 5.91 Å². The van der Waals surface area contributed by atoms with Crippen molar-refractivity contribution in [3.8, 4) is 11.5 Å². The molecule has 1 unspecified atom stereocenters. The summed E-state index contributed by atoms with van der Waals surface area (Å²) in [4.78, 5) is 12.2. The van der Waals surface area contributed by atoms with Gasteiger partial charge in [-0.2, -0.15) is 0 Å². The Kier molecular flexibility index (Phi) is 3.99. The van der Waals surface area contributed by atoms with Gasteiger partial charge in [0.25, 0.3) is 0 Å². The standard InChI is InChI=1S/C19H21NO3/c1-11-5-6-12(2)13(7-11)14-9-19(21)20-16-10-18(23-4)17(22-3)8-15(14)16/h5-8,10,14H,9H2,1-4H3,(H,20,21). The molecule has 0 aromatic heterocycles. The molecule has 1 aliphatic heterocycles. The lowest BCUT2D eigenvalue weighted by Gasteiger charge is -2.28. The van der Waals surface area contributed by atoms with Crippen molar-refractivity contribution >= 4 is 11.6 Å². The zero-order valence-electron chi connectivity index (χ0n) is 13.9. The summed E-state index contributed by atoms with van der Waals surface area (Å²) in [7, 11) is 3.22. The number of nitrogens with one attached hydrogen (secondary N) is 1. The summed E-state index contributed by atoms with van der Waals surface area (Å²) in [5, 5.41) is 2.95. The molecule has 0 fully saturated rings. The lowest BCUT2D eigenvalue weighted by molar-refractivity contribution is -0.116. The minimum Gasteiger partial charge on any atom is -0.493 e. The number of ether oxygens (including phenoxy) is 2. The van der Waals surface area contributed by atoms with Crippen LogP contribution in [0.1, 0.15) is 34.6 Å². The van der Waals surface area contributed by atoms with Gasteiger partial charge in [-0.3, -0.25) is 4.79 Å². The van der Waals surface area contributed by atoms with Gasteiger partial charge in [-0.1, -0.05) is 23.8 Å². The maximum atomic E-state index is 12.2. The minimum atomic E-state index is 0.0237. The molecule has 2 aromatic carbocycles. The lowest BCUT2D eigenvalue weighted by atomic mass is 9.82. The second-order valence-electron chi connectivity index (χ2n) is 5.96. The van der Waals surface area contributed by atoms with Crippen molar-refractivity contribution in [2.75, 3.05) is 19.5 Å². The molecule has 1 aliphatic rings.